The van der Waals surface area contributed by atoms with Crippen molar-refractivity contribution in [2.45, 2.75) is 6.92 Å². The van der Waals surface area contributed by atoms with E-state index in [2.05, 4.69) is 82.5 Å². The maximum atomic E-state index is 3.70. The molecule has 0 N–H and O–H groups in total. The number of aromatic nitrogens is 1. The van der Waals surface area contributed by atoms with Gasteiger partial charge >= 0.3 is 0 Å². The molecule has 0 fully saturated rings. The molecule has 0 unspecified atom stereocenters. The number of rotatable bonds is 3. The van der Waals surface area contributed by atoms with E-state index in [0.717, 1.165) is 4.47 Å². The highest BCUT2D eigenvalue weighted by atomic mass is 79.9. The van der Waals surface area contributed by atoms with Gasteiger partial charge in [0, 0.05) is 20.9 Å². The first-order valence-electron chi connectivity index (χ1n) is 6.87. The maximum Gasteiger partial charge on any atom is 0.0538 e. The van der Waals surface area contributed by atoms with Gasteiger partial charge in [0.1, 0.15) is 0 Å². The summed E-state index contributed by atoms with van der Waals surface area (Å²) < 4.78 is 3.40. The number of hydrogen-bond acceptors (Lipinski definition) is 0. The summed E-state index contributed by atoms with van der Waals surface area (Å²) in [6.07, 6.45) is 7.85. The second-order valence-corrected chi connectivity index (χ2v) is 5.86. The highest BCUT2D eigenvalue weighted by molar-refractivity contribution is 9.10. The Morgan fingerprint density at radius 2 is 1.81 bits per heavy atom. The van der Waals surface area contributed by atoms with E-state index in [0.29, 0.717) is 0 Å². The summed E-state index contributed by atoms with van der Waals surface area (Å²) in [5.74, 6) is 0. The van der Waals surface area contributed by atoms with Gasteiger partial charge in [0.2, 0.25) is 0 Å². The Labute approximate surface area is 133 Å². The van der Waals surface area contributed by atoms with Gasteiger partial charge in [0.25, 0.3) is 0 Å². The fourth-order valence-electron chi connectivity index (χ4n) is 2.67. The minimum Gasteiger partial charge on any atom is -0.313 e. The highest BCUT2D eigenvalue weighted by Gasteiger charge is 2.10. The molecule has 3 aromatic rings. The molecule has 3 rings (SSSR count). The van der Waals surface area contributed by atoms with E-state index < -0.39 is 0 Å². The van der Waals surface area contributed by atoms with Gasteiger partial charge in [-0.05, 0) is 37.3 Å². The van der Waals surface area contributed by atoms with E-state index in [1.165, 1.54) is 27.5 Å². The number of benzene rings is 2. The average Bonchev–Trinajstić information content (AvgIpc) is 2.81. The Kier molecular flexibility index (Phi) is 3.80. The van der Waals surface area contributed by atoms with Crippen molar-refractivity contribution in [2.24, 2.45) is 0 Å². The molecule has 21 heavy (non-hydrogen) atoms. The number of fused-ring (bicyclic) bond motifs is 3. The molecule has 0 spiro atoms. The summed E-state index contributed by atoms with van der Waals surface area (Å²) >= 11 is 3.57. The van der Waals surface area contributed by atoms with Crippen LogP contribution < -0.4 is 0 Å². The van der Waals surface area contributed by atoms with Crippen LogP contribution in [0.25, 0.3) is 27.5 Å². The third-order valence-electron chi connectivity index (χ3n) is 3.57. The molecule has 0 radical (unpaired) electrons. The summed E-state index contributed by atoms with van der Waals surface area (Å²) in [5.41, 5.74) is 3.63. The topological polar surface area (TPSA) is 4.93 Å². The standard InChI is InChI=1S/C19H16BrN/c1-3-4-5-8-14(2)21-18-10-7-6-9-16(18)17-13-15(20)11-12-19(17)21/h3-13H,1H2,2H3/b5-4-,14-8+. The Bertz CT molecular complexity index is 881. The van der Waals surface area contributed by atoms with E-state index >= 15 is 0 Å². The zero-order chi connectivity index (χ0) is 14.8. The van der Waals surface area contributed by atoms with Gasteiger partial charge in [0.15, 0.2) is 0 Å². The molecule has 2 aromatic carbocycles. The lowest BCUT2D eigenvalue weighted by Crippen LogP contribution is -1.92. The van der Waals surface area contributed by atoms with E-state index in [1.54, 1.807) is 6.08 Å². The second-order valence-electron chi connectivity index (χ2n) is 4.94. The Morgan fingerprint density at radius 3 is 2.62 bits per heavy atom. The van der Waals surface area contributed by atoms with Crippen LogP contribution in [0.2, 0.25) is 0 Å². The van der Waals surface area contributed by atoms with Crippen LogP contribution in [0.5, 0.6) is 0 Å². The number of halogens is 1. The summed E-state index contributed by atoms with van der Waals surface area (Å²) in [7, 11) is 0. The van der Waals surface area contributed by atoms with Crippen molar-refractivity contribution >= 4 is 43.4 Å². The molecule has 0 aliphatic rings. The van der Waals surface area contributed by atoms with Crippen LogP contribution in [-0.4, -0.2) is 4.57 Å². The fraction of sp³-hybridized carbons (Fsp3) is 0.0526. The van der Waals surface area contributed by atoms with Crippen LogP contribution in [0.1, 0.15) is 6.92 Å². The lowest BCUT2D eigenvalue weighted by molar-refractivity contribution is 1.20. The zero-order valence-corrected chi connectivity index (χ0v) is 13.5. The third-order valence-corrected chi connectivity index (χ3v) is 4.07. The smallest absolute Gasteiger partial charge is 0.0538 e. The van der Waals surface area contributed by atoms with Gasteiger partial charge in [-0.3, -0.25) is 0 Å². The number of para-hydroxylation sites is 1. The lowest BCUT2D eigenvalue weighted by atomic mass is 10.2. The third kappa shape index (κ3) is 2.47. The van der Waals surface area contributed by atoms with Crippen LogP contribution in [0.3, 0.4) is 0 Å². The molecule has 0 amide bonds. The van der Waals surface area contributed by atoms with Gasteiger partial charge in [-0.2, -0.15) is 0 Å². The van der Waals surface area contributed by atoms with Crippen molar-refractivity contribution in [3.8, 4) is 0 Å². The Morgan fingerprint density at radius 1 is 1.05 bits per heavy atom. The molecular weight excluding hydrogens is 322 g/mol. The zero-order valence-electron chi connectivity index (χ0n) is 11.9. The largest absolute Gasteiger partial charge is 0.313 e. The van der Waals surface area contributed by atoms with Crippen molar-refractivity contribution in [1.29, 1.82) is 0 Å². The first kappa shape index (κ1) is 13.9. The number of allylic oxidation sites excluding steroid dienone is 5. The second kappa shape index (κ2) is 5.74. The van der Waals surface area contributed by atoms with Gasteiger partial charge < -0.3 is 4.57 Å². The monoisotopic (exact) mass is 337 g/mol. The Hall–Kier alpha value is -2.06. The normalized spacial score (nSPS) is 12.6. The number of hydrogen-bond donors (Lipinski definition) is 0. The summed E-state index contributed by atoms with van der Waals surface area (Å²) in [6.45, 7) is 5.83. The first-order chi connectivity index (χ1) is 10.2. The van der Waals surface area contributed by atoms with Crippen LogP contribution in [0, 0.1) is 0 Å². The van der Waals surface area contributed by atoms with Crippen molar-refractivity contribution in [3.05, 3.63) is 77.8 Å². The minimum absolute atomic E-state index is 1.10. The number of nitrogens with zero attached hydrogens (tertiary/aromatic N) is 1. The molecule has 0 aliphatic carbocycles. The lowest BCUT2D eigenvalue weighted by Gasteiger charge is -2.07. The minimum atomic E-state index is 1.10. The van der Waals surface area contributed by atoms with Gasteiger partial charge in [0.05, 0.1) is 11.0 Å². The highest BCUT2D eigenvalue weighted by Crippen LogP contribution is 2.33. The van der Waals surface area contributed by atoms with Gasteiger partial charge in [-0.15, -0.1) is 0 Å². The van der Waals surface area contributed by atoms with Crippen molar-refractivity contribution < 1.29 is 0 Å². The molecule has 0 aliphatic heterocycles. The van der Waals surface area contributed by atoms with Gasteiger partial charge in [-0.25, -0.2) is 0 Å². The van der Waals surface area contributed by atoms with Gasteiger partial charge in [-0.1, -0.05) is 58.9 Å². The molecule has 104 valence electrons. The predicted molar refractivity (Wildman–Crippen MR) is 96.4 cm³/mol. The summed E-state index contributed by atoms with van der Waals surface area (Å²) in [5, 5.41) is 2.54. The molecule has 2 heteroatoms. The van der Waals surface area contributed by atoms with Crippen LogP contribution in [0.4, 0.5) is 0 Å². The molecule has 0 bridgehead atoms. The van der Waals surface area contributed by atoms with Crippen molar-refractivity contribution in [2.75, 3.05) is 0 Å². The van der Waals surface area contributed by atoms with E-state index in [9.17, 15) is 0 Å². The Balaban J connectivity index is 2.36. The van der Waals surface area contributed by atoms with Crippen molar-refractivity contribution in [1.82, 2.24) is 4.57 Å². The molecule has 1 nitrogen and oxygen atoms in total. The summed E-state index contributed by atoms with van der Waals surface area (Å²) in [4.78, 5) is 0. The predicted octanol–water partition coefficient (Wildman–Crippen LogP) is 6.16. The van der Waals surface area contributed by atoms with E-state index in [1.807, 2.05) is 12.2 Å². The van der Waals surface area contributed by atoms with Crippen molar-refractivity contribution in [3.63, 3.8) is 0 Å². The molecule has 1 aromatic heterocycles. The molecule has 0 saturated carbocycles. The first-order valence-corrected chi connectivity index (χ1v) is 7.67. The fourth-order valence-corrected chi connectivity index (χ4v) is 3.03. The van der Waals surface area contributed by atoms with E-state index in [4.69, 9.17) is 0 Å². The summed E-state index contributed by atoms with van der Waals surface area (Å²) in [6, 6.07) is 14.9. The molecule has 0 atom stereocenters. The van der Waals surface area contributed by atoms with E-state index in [-0.39, 0.29) is 0 Å². The molecule has 1 heterocycles. The van der Waals surface area contributed by atoms with Crippen LogP contribution in [-0.2, 0) is 0 Å². The van der Waals surface area contributed by atoms with Crippen LogP contribution >= 0.6 is 15.9 Å². The SMILES string of the molecule is C=C/C=C\C=C(/C)n1c2ccccc2c2cc(Br)ccc21. The quantitative estimate of drug-likeness (QED) is 0.504. The maximum absolute atomic E-state index is 3.70. The van der Waals surface area contributed by atoms with Crippen LogP contribution in [0.15, 0.2) is 77.8 Å². The average molecular weight is 338 g/mol. The molecule has 0 saturated heterocycles. The molecular formula is C19H16BrN.